The molecule has 0 radical (unpaired) electrons. The molecular formula is C15H16N4O2S. The van der Waals surface area contributed by atoms with Crippen molar-refractivity contribution in [2.75, 3.05) is 0 Å². The largest absolute Gasteiger partial charge is 0.361 e. The van der Waals surface area contributed by atoms with E-state index in [9.17, 15) is 4.79 Å². The van der Waals surface area contributed by atoms with Gasteiger partial charge >= 0.3 is 5.69 Å². The van der Waals surface area contributed by atoms with Gasteiger partial charge in [-0.25, -0.2) is 9.89 Å². The summed E-state index contributed by atoms with van der Waals surface area (Å²) in [4.78, 5) is 11.9. The van der Waals surface area contributed by atoms with Gasteiger partial charge in [-0.3, -0.25) is 4.57 Å². The van der Waals surface area contributed by atoms with Gasteiger partial charge in [0.05, 0.1) is 12.2 Å². The van der Waals surface area contributed by atoms with Gasteiger partial charge in [-0.05, 0) is 19.4 Å². The molecule has 0 aliphatic heterocycles. The number of benzene rings is 1. The van der Waals surface area contributed by atoms with Crippen molar-refractivity contribution in [2.45, 2.75) is 31.3 Å². The van der Waals surface area contributed by atoms with Crippen molar-refractivity contribution in [1.29, 1.82) is 0 Å². The zero-order valence-corrected chi connectivity index (χ0v) is 13.2. The summed E-state index contributed by atoms with van der Waals surface area (Å²) < 4.78 is 6.79. The second-order valence-corrected chi connectivity index (χ2v) is 5.92. The Kier molecular flexibility index (Phi) is 4.15. The molecule has 2 heterocycles. The summed E-state index contributed by atoms with van der Waals surface area (Å²) in [7, 11) is 0. The predicted molar refractivity (Wildman–Crippen MR) is 83.9 cm³/mol. The second kappa shape index (κ2) is 6.23. The summed E-state index contributed by atoms with van der Waals surface area (Å²) in [6.07, 6.45) is 0. The molecule has 0 unspecified atom stereocenters. The summed E-state index contributed by atoms with van der Waals surface area (Å²) in [6, 6.07) is 9.84. The maximum absolute atomic E-state index is 11.9. The minimum Gasteiger partial charge on any atom is -0.361 e. The summed E-state index contributed by atoms with van der Waals surface area (Å²) >= 11 is 1.49. The fraction of sp³-hybridized carbons (Fsp3) is 0.267. The SMILES string of the molecule is Cc1noc(C)c1CSc1n[nH]c(=O)n1Cc1ccccc1. The molecule has 7 heteroatoms. The molecule has 0 saturated carbocycles. The molecule has 0 bridgehead atoms. The minimum atomic E-state index is -0.204. The fourth-order valence-electron chi connectivity index (χ4n) is 2.16. The normalized spacial score (nSPS) is 11.0. The Morgan fingerprint density at radius 3 is 2.73 bits per heavy atom. The first-order valence-electron chi connectivity index (χ1n) is 6.89. The van der Waals surface area contributed by atoms with Crippen LogP contribution in [0, 0.1) is 13.8 Å². The first kappa shape index (κ1) is 14.6. The van der Waals surface area contributed by atoms with Crippen molar-refractivity contribution in [3.05, 3.63) is 63.4 Å². The zero-order valence-electron chi connectivity index (χ0n) is 12.4. The lowest BCUT2D eigenvalue weighted by Crippen LogP contribution is -2.18. The monoisotopic (exact) mass is 316 g/mol. The summed E-state index contributed by atoms with van der Waals surface area (Å²) in [6.45, 7) is 4.30. The third kappa shape index (κ3) is 2.99. The van der Waals surface area contributed by atoms with E-state index in [0.717, 1.165) is 22.6 Å². The van der Waals surface area contributed by atoms with Gasteiger partial charge < -0.3 is 4.52 Å². The molecule has 6 nitrogen and oxygen atoms in total. The summed E-state index contributed by atoms with van der Waals surface area (Å²) in [5, 5.41) is 11.2. The molecule has 0 atom stereocenters. The number of H-pyrrole nitrogens is 1. The summed E-state index contributed by atoms with van der Waals surface area (Å²) in [5.74, 6) is 1.47. The molecule has 2 aromatic heterocycles. The van der Waals surface area contributed by atoms with Crippen LogP contribution >= 0.6 is 11.8 Å². The van der Waals surface area contributed by atoms with Gasteiger partial charge in [0.2, 0.25) is 0 Å². The van der Waals surface area contributed by atoms with Gasteiger partial charge in [-0.2, -0.15) is 0 Å². The van der Waals surface area contributed by atoms with Crippen LogP contribution < -0.4 is 5.69 Å². The number of hydrogen-bond acceptors (Lipinski definition) is 5. The Labute approximate surface area is 131 Å². The van der Waals surface area contributed by atoms with E-state index in [-0.39, 0.29) is 5.69 Å². The van der Waals surface area contributed by atoms with Gasteiger partial charge in [0.1, 0.15) is 5.76 Å². The maximum Gasteiger partial charge on any atom is 0.344 e. The molecule has 3 aromatic rings. The van der Waals surface area contributed by atoms with E-state index < -0.39 is 0 Å². The average Bonchev–Trinajstić information content (AvgIpc) is 3.03. The molecule has 0 aliphatic carbocycles. The second-order valence-electron chi connectivity index (χ2n) is 4.97. The molecule has 3 rings (SSSR count). The topological polar surface area (TPSA) is 76.7 Å². The van der Waals surface area contributed by atoms with E-state index >= 15 is 0 Å². The molecule has 1 aromatic carbocycles. The zero-order chi connectivity index (χ0) is 15.5. The van der Waals surface area contributed by atoms with Crippen molar-refractivity contribution >= 4 is 11.8 Å². The first-order chi connectivity index (χ1) is 10.6. The van der Waals surface area contributed by atoms with Gasteiger partial charge in [0, 0.05) is 11.3 Å². The third-order valence-electron chi connectivity index (χ3n) is 3.43. The van der Waals surface area contributed by atoms with Gasteiger partial charge in [-0.15, -0.1) is 5.10 Å². The number of aromatic nitrogens is 4. The Balaban J connectivity index is 1.79. The molecule has 0 aliphatic rings. The molecule has 22 heavy (non-hydrogen) atoms. The Hall–Kier alpha value is -2.28. The number of rotatable bonds is 5. The number of thioether (sulfide) groups is 1. The smallest absolute Gasteiger partial charge is 0.344 e. The molecule has 114 valence electrons. The maximum atomic E-state index is 11.9. The van der Waals surface area contributed by atoms with Gasteiger partial charge in [0.25, 0.3) is 0 Å². The Morgan fingerprint density at radius 1 is 1.27 bits per heavy atom. The van der Waals surface area contributed by atoms with Crippen LogP contribution in [0.15, 0.2) is 44.8 Å². The van der Waals surface area contributed by atoms with E-state index in [1.165, 1.54) is 11.8 Å². The Bertz CT molecular complexity index is 800. The molecular weight excluding hydrogens is 300 g/mol. The first-order valence-corrected chi connectivity index (χ1v) is 7.87. The van der Waals surface area contributed by atoms with Crippen molar-refractivity contribution in [3.8, 4) is 0 Å². The number of nitrogens with one attached hydrogen (secondary N) is 1. The lowest BCUT2D eigenvalue weighted by Gasteiger charge is -2.05. The van der Waals surface area contributed by atoms with Crippen LogP contribution in [0.3, 0.4) is 0 Å². The van der Waals surface area contributed by atoms with Gasteiger partial charge in [0.15, 0.2) is 5.16 Å². The van der Waals surface area contributed by atoms with Crippen LogP contribution in [0.4, 0.5) is 0 Å². The fourth-order valence-corrected chi connectivity index (χ4v) is 3.26. The van der Waals surface area contributed by atoms with E-state index in [1.54, 1.807) is 4.57 Å². The summed E-state index contributed by atoms with van der Waals surface area (Å²) in [5.41, 5.74) is 2.78. The van der Waals surface area contributed by atoms with Crippen molar-refractivity contribution in [1.82, 2.24) is 19.9 Å². The highest BCUT2D eigenvalue weighted by atomic mass is 32.2. The van der Waals surface area contributed by atoms with E-state index in [0.29, 0.717) is 17.5 Å². The van der Waals surface area contributed by atoms with Crippen molar-refractivity contribution in [2.24, 2.45) is 0 Å². The highest BCUT2D eigenvalue weighted by molar-refractivity contribution is 7.98. The Morgan fingerprint density at radius 2 is 2.05 bits per heavy atom. The standard InChI is InChI=1S/C15H16N4O2S/c1-10-13(11(2)21-18-10)9-22-15-17-16-14(20)19(15)8-12-6-4-3-5-7-12/h3-7H,8-9H2,1-2H3,(H,16,20). The number of aryl methyl sites for hydroxylation is 2. The minimum absolute atomic E-state index is 0.204. The van der Waals surface area contributed by atoms with Crippen LogP contribution in [-0.2, 0) is 12.3 Å². The number of hydrogen-bond donors (Lipinski definition) is 1. The lowest BCUT2D eigenvalue weighted by atomic mass is 10.2. The molecule has 0 spiro atoms. The van der Waals surface area contributed by atoms with Crippen LogP contribution in [-0.4, -0.2) is 19.9 Å². The van der Waals surface area contributed by atoms with Crippen LogP contribution in [0.5, 0.6) is 0 Å². The number of nitrogens with zero attached hydrogens (tertiary/aromatic N) is 3. The molecule has 1 N–H and O–H groups in total. The lowest BCUT2D eigenvalue weighted by molar-refractivity contribution is 0.392. The van der Waals surface area contributed by atoms with E-state index in [1.807, 2.05) is 44.2 Å². The van der Waals surface area contributed by atoms with Crippen molar-refractivity contribution in [3.63, 3.8) is 0 Å². The van der Waals surface area contributed by atoms with E-state index in [4.69, 9.17) is 4.52 Å². The van der Waals surface area contributed by atoms with E-state index in [2.05, 4.69) is 15.4 Å². The highest BCUT2D eigenvalue weighted by Gasteiger charge is 2.13. The molecule has 0 fully saturated rings. The quantitative estimate of drug-likeness (QED) is 0.732. The van der Waals surface area contributed by atoms with Crippen LogP contribution in [0.1, 0.15) is 22.6 Å². The number of aromatic amines is 1. The third-order valence-corrected chi connectivity index (χ3v) is 4.44. The van der Waals surface area contributed by atoms with Crippen LogP contribution in [0.25, 0.3) is 0 Å². The highest BCUT2D eigenvalue weighted by Crippen LogP contribution is 2.24. The van der Waals surface area contributed by atoms with Crippen molar-refractivity contribution < 1.29 is 4.52 Å². The average molecular weight is 316 g/mol. The van der Waals surface area contributed by atoms with Crippen LogP contribution in [0.2, 0.25) is 0 Å². The molecule has 0 amide bonds. The predicted octanol–water partition coefficient (Wildman–Crippen LogP) is 2.52. The van der Waals surface area contributed by atoms with Gasteiger partial charge in [-0.1, -0.05) is 47.3 Å². The molecule has 0 saturated heterocycles.